The Kier molecular flexibility index (Phi) is 2.40. The Labute approximate surface area is 103 Å². The fraction of sp³-hybridized carbons (Fsp3) is 0.167. The number of nitrogens with zero attached hydrogens (tertiary/aromatic N) is 4. The molecule has 2 aromatic heterocycles. The summed E-state index contributed by atoms with van der Waals surface area (Å²) in [5, 5.41) is 21.0. The van der Waals surface area contributed by atoms with Crippen molar-refractivity contribution >= 4 is 16.6 Å². The van der Waals surface area contributed by atoms with E-state index in [1.807, 2.05) is 31.3 Å². The predicted molar refractivity (Wildman–Crippen MR) is 67.1 cm³/mol. The monoisotopic (exact) mass is 241 g/mol. The summed E-state index contributed by atoms with van der Waals surface area (Å²) in [5.74, 6) is 1.62. The largest absolute Gasteiger partial charge is 0.420 e. The number of hydrogen-bond donors (Lipinski definition) is 1. The molecule has 0 aliphatic heterocycles. The van der Waals surface area contributed by atoms with E-state index in [-0.39, 0.29) is 0 Å². The molecule has 18 heavy (non-hydrogen) atoms. The zero-order valence-electron chi connectivity index (χ0n) is 10.0. The number of anilines is 1. The molecule has 1 aromatic carbocycles. The van der Waals surface area contributed by atoms with E-state index in [1.54, 1.807) is 6.92 Å². The number of nitrogens with one attached hydrogen (secondary N) is 1. The van der Waals surface area contributed by atoms with Gasteiger partial charge in [0.2, 0.25) is 5.89 Å². The Morgan fingerprint density at radius 1 is 1.00 bits per heavy atom. The van der Waals surface area contributed by atoms with Crippen molar-refractivity contribution in [2.45, 2.75) is 6.92 Å². The molecule has 3 aromatic rings. The quantitative estimate of drug-likeness (QED) is 0.739. The predicted octanol–water partition coefficient (Wildman–Crippen LogP) is 2.03. The van der Waals surface area contributed by atoms with Gasteiger partial charge in [0.15, 0.2) is 11.5 Å². The number of benzene rings is 1. The minimum absolute atomic E-state index is 0.388. The Hall–Kier alpha value is -2.50. The Bertz CT molecular complexity index is 707. The molecule has 3 rings (SSSR count). The third-order valence-corrected chi connectivity index (χ3v) is 2.65. The SMILES string of the molecule is CNc1nnc(-c2nnc(C)o2)c2ccccc12. The second-order valence-corrected chi connectivity index (χ2v) is 3.82. The average Bonchev–Trinajstić information content (AvgIpc) is 2.84. The molecule has 0 saturated heterocycles. The third kappa shape index (κ3) is 1.58. The summed E-state index contributed by atoms with van der Waals surface area (Å²) < 4.78 is 5.41. The molecule has 0 fully saturated rings. The lowest BCUT2D eigenvalue weighted by atomic mass is 10.1. The molecule has 0 spiro atoms. The first kappa shape index (κ1) is 10.6. The van der Waals surface area contributed by atoms with E-state index in [0.717, 1.165) is 16.6 Å². The van der Waals surface area contributed by atoms with Crippen LogP contribution in [0.2, 0.25) is 0 Å². The molecule has 0 aliphatic rings. The zero-order chi connectivity index (χ0) is 12.5. The lowest BCUT2D eigenvalue weighted by Gasteiger charge is -2.05. The maximum atomic E-state index is 5.41. The normalized spacial score (nSPS) is 10.8. The molecule has 0 atom stereocenters. The molecule has 0 saturated carbocycles. The van der Waals surface area contributed by atoms with Crippen molar-refractivity contribution in [2.24, 2.45) is 0 Å². The molecule has 0 aliphatic carbocycles. The van der Waals surface area contributed by atoms with Gasteiger partial charge in [-0.1, -0.05) is 24.3 Å². The van der Waals surface area contributed by atoms with Gasteiger partial charge >= 0.3 is 0 Å². The first-order valence-electron chi connectivity index (χ1n) is 5.53. The van der Waals surface area contributed by atoms with Gasteiger partial charge in [0.25, 0.3) is 5.89 Å². The average molecular weight is 241 g/mol. The molecule has 0 bridgehead atoms. The highest BCUT2D eigenvalue weighted by Gasteiger charge is 2.14. The van der Waals surface area contributed by atoms with Crippen LogP contribution in [0.25, 0.3) is 22.4 Å². The topological polar surface area (TPSA) is 76.7 Å². The molecule has 6 nitrogen and oxygen atoms in total. The van der Waals surface area contributed by atoms with Gasteiger partial charge in [-0.3, -0.25) is 0 Å². The lowest BCUT2D eigenvalue weighted by molar-refractivity contribution is 0.531. The summed E-state index contributed by atoms with van der Waals surface area (Å²) in [6.07, 6.45) is 0. The number of hydrogen-bond acceptors (Lipinski definition) is 6. The number of fused-ring (bicyclic) bond motifs is 1. The van der Waals surface area contributed by atoms with Crippen LogP contribution in [0, 0.1) is 6.92 Å². The van der Waals surface area contributed by atoms with Crippen LogP contribution < -0.4 is 5.32 Å². The highest BCUT2D eigenvalue weighted by Crippen LogP contribution is 2.28. The molecular weight excluding hydrogens is 230 g/mol. The van der Waals surface area contributed by atoms with Crippen LogP contribution >= 0.6 is 0 Å². The highest BCUT2D eigenvalue weighted by molar-refractivity contribution is 5.98. The second-order valence-electron chi connectivity index (χ2n) is 3.82. The van der Waals surface area contributed by atoms with Crippen molar-refractivity contribution in [1.82, 2.24) is 20.4 Å². The number of aryl methyl sites for hydroxylation is 1. The van der Waals surface area contributed by atoms with Crippen molar-refractivity contribution in [3.05, 3.63) is 30.2 Å². The molecule has 0 radical (unpaired) electrons. The Balaban J connectivity index is 2.31. The maximum Gasteiger partial charge on any atom is 0.268 e. The second kappa shape index (κ2) is 4.06. The van der Waals surface area contributed by atoms with Gasteiger partial charge in [0.05, 0.1) is 0 Å². The summed E-state index contributed by atoms with van der Waals surface area (Å²) in [7, 11) is 1.81. The fourth-order valence-electron chi connectivity index (χ4n) is 1.84. The molecule has 0 unspecified atom stereocenters. The molecule has 0 amide bonds. The molecular formula is C12H11N5O. The first-order valence-corrected chi connectivity index (χ1v) is 5.53. The van der Waals surface area contributed by atoms with E-state index in [2.05, 4.69) is 25.7 Å². The van der Waals surface area contributed by atoms with Gasteiger partial charge in [-0.15, -0.1) is 20.4 Å². The fourth-order valence-corrected chi connectivity index (χ4v) is 1.84. The van der Waals surface area contributed by atoms with Crippen molar-refractivity contribution in [3.63, 3.8) is 0 Å². The van der Waals surface area contributed by atoms with Crippen LogP contribution in [-0.4, -0.2) is 27.4 Å². The highest BCUT2D eigenvalue weighted by atomic mass is 16.4. The van der Waals surface area contributed by atoms with E-state index in [0.29, 0.717) is 17.5 Å². The van der Waals surface area contributed by atoms with Gasteiger partial charge in [0, 0.05) is 24.7 Å². The molecule has 1 N–H and O–H groups in total. The number of rotatable bonds is 2. The van der Waals surface area contributed by atoms with Crippen molar-refractivity contribution in [2.75, 3.05) is 12.4 Å². The van der Waals surface area contributed by atoms with Gasteiger partial charge in [-0.05, 0) is 0 Å². The van der Waals surface area contributed by atoms with Crippen molar-refractivity contribution in [3.8, 4) is 11.6 Å². The van der Waals surface area contributed by atoms with Crippen LogP contribution in [0.1, 0.15) is 5.89 Å². The summed E-state index contributed by atoms with van der Waals surface area (Å²) in [4.78, 5) is 0. The molecule has 2 heterocycles. The summed E-state index contributed by atoms with van der Waals surface area (Å²) in [5.41, 5.74) is 0.602. The van der Waals surface area contributed by atoms with Crippen LogP contribution in [0.5, 0.6) is 0 Å². The van der Waals surface area contributed by atoms with E-state index in [1.165, 1.54) is 0 Å². The minimum atomic E-state index is 0.388. The maximum absolute atomic E-state index is 5.41. The van der Waals surface area contributed by atoms with E-state index >= 15 is 0 Å². The molecule has 90 valence electrons. The van der Waals surface area contributed by atoms with Gasteiger partial charge in [-0.25, -0.2) is 0 Å². The summed E-state index contributed by atoms with van der Waals surface area (Å²) in [6, 6.07) is 7.83. The smallest absolute Gasteiger partial charge is 0.268 e. The zero-order valence-corrected chi connectivity index (χ0v) is 10.0. The minimum Gasteiger partial charge on any atom is -0.420 e. The van der Waals surface area contributed by atoms with Crippen LogP contribution in [0.15, 0.2) is 28.7 Å². The standard InChI is InChI=1S/C12H11N5O/c1-7-14-17-12(18-7)10-8-5-3-4-6-9(8)11(13-2)16-15-10/h3-6H,1-2H3,(H,13,16). The summed E-state index contributed by atoms with van der Waals surface area (Å²) >= 11 is 0. The summed E-state index contributed by atoms with van der Waals surface area (Å²) in [6.45, 7) is 1.74. The van der Waals surface area contributed by atoms with Crippen LogP contribution in [-0.2, 0) is 0 Å². The Morgan fingerprint density at radius 3 is 2.44 bits per heavy atom. The van der Waals surface area contributed by atoms with E-state index in [9.17, 15) is 0 Å². The van der Waals surface area contributed by atoms with Crippen LogP contribution in [0.3, 0.4) is 0 Å². The third-order valence-electron chi connectivity index (χ3n) is 2.65. The van der Waals surface area contributed by atoms with E-state index in [4.69, 9.17) is 4.42 Å². The molecule has 6 heteroatoms. The Morgan fingerprint density at radius 2 is 1.78 bits per heavy atom. The van der Waals surface area contributed by atoms with Crippen molar-refractivity contribution in [1.29, 1.82) is 0 Å². The first-order chi connectivity index (χ1) is 8.79. The van der Waals surface area contributed by atoms with Crippen LogP contribution in [0.4, 0.5) is 5.82 Å². The number of aromatic nitrogens is 4. The van der Waals surface area contributed by atoms with Gasteiger partial charge < -0.3 is 9.73 Å². The van der Waals surface area contributed by atoms with Crippen molar-refractivity contribution < 1.29 is 4.42 Å². The van der Waals surface area contributed by atoms with Gasteiger partial charge in [0.1, 0.15) is 0 Å². The van der Waals surface area contributed by atoms with Gasteiger partial charge in [-0.2, -0.15) is 0 Å². The lowest BCUT2D eigenvalue weighted by Crippen LogP contribution is -1.98. The van der Waals surface area contributed by atoms with E-state index < -0.39 is 0 Å².